The minimum atomic E-state index is -0.767. The highest BCUT2D eigenvalue weighted by Gasteiger charge is 2.19. The van der Waals surface area contributed by atoms with E-state index in [1.807, 2.05) is 0 Å². The molecule has 1 atom stereocenters. The summed E-state index contributed by atoms with van der Waals surface area (Å²) < 4.78 is 16.0. The third-order valence-electron chi connectivity index (χ3n) is 3.24. The first-order valence-electron chi connectivity index (χ1n) is 7.09. The lowest BCUT2D eigenvalue weighted by Crippen LogP contribution is -2.30. The summed E-state index contributed by atoms with van der Waals surface area (Å²) in [5.74, 6) is 0.909. The molecule has 0 spiro atoms. The number of methoxy groups -OCH3 is 2. The smallest absolute Gasteiger partial charge is 0.265 e. The molecule has 0 saturated heterocycles. The third kappa shape index (κ3) is 4.24. The van der Waals surface area contributed by atoms with Crippen LogP contribution in [0.4, 0.5) is 5.69 Å². The number of hydrogen-bond donors (Lipinski definition) is 1. The summed E-state index contributed by atoms with van der Waals surface area (Å²) in [7, 11) is 2.97. The zero-order valence-corrected chi connectivity index (χ0v) is 14.9. The molecule has 0 fully saturated rings. The van der Waals surface area contributed by atoms with Crippen LogP contribution < -0.4 is 19.5 Å². The SMILES string of the molecule is COc1cc(NC(=O)C(C)Oc2ccccc2Cl)c(OC)cc1Cl. The van der Waals surface area contributed by atoms with Gasteiger partial charge < -0.3 is 19.5 Å². The Kier molecular flexibility index (Phi) is 6.17. The highest BCUT2D eigenvalue weighted by molar-refractivity contribution is 6.32. The zero-order chi connectivity index (χ0) is 17.7. The summed E-state index contributed by atoms with van der Waals surface area (Å²) in [4.78, 5) is 12.4. The van der Waals surface area contributed by atoms with E-state index in [0.29, 0.717) is 33.0 Å². The third-order valence-corrected chi connectivity index (χ3v) is 3.85. The van der Waals surface area contributed by atoms with Crippen molar-refractivity contribution in [3.05, 3.63) is 46.4 Å². The van der Waals surface area contributed by atoms with Gasteiger partial charge in [0.1, 0.15) is 17.2 Å². The van der Waals surface area contributed by atoms with Crippen LogP contribution in [0, 0.1) is 0 Å². The normalized spacial score (nSPS) is 11.5. The van der Waals surface area contributed by atoms with E-state index in [0.717, 1.165) is 0 Å². The highest BCUT2D eigenvalue weighted by Crippen LogP contribution is 2.36. The molecule has 7 heteroatoms. The number of ether oxygens (including phenoxy) is 3. The van der Waals surface area contributed by atoms with Gasteiger partial charge in [-0.3, -0.25) is 4.79 Å². The fraction of sp³-hybridized carbons (Fsp3) is 0.235. The second kappa shape index (κ2) is 8.13. The molecule has 5 nitrogen and oxygen atoms in total. The standard InChI is InChI=1S/C17H17Cl2NO4/c1-10(24-14-7-5-4-6-11(14)18)17(21)20-13-9-15(22-2)12(19)8-16(13)23-3/h4-10H,1-3H3,(H,20,21). The topological polar surface area (TPSA) is 56.8 Å². The van der Waals surface area contributed by atoms with Crippen molar-refractivity contribution in [1.29, 1.82) is 0 Å². The first-order chi connectivity index (χ1) is 11.5. The van der Waals surface area contributed by atoms with Gasteiger partial charge in [0, 0.05) is 12.1 Å². The van der Waals surface area contributed by atoms with E-state index in [4.69, 9.17) is 37.4 Å². The minimum Gasteiger partial charge on any atom is -0.495 e. The molecule has 2 rings (SSSR count). The number of carbonyl (C=O) groups excluding carboxylic acids is 1. The van der Waals surface area contributed by atoms with E-state index in [1.165, 1.54) is 14.2 Å². The van der Waals surface area contributed by atoms with Crippen molar-refractivity contribution < 1.29 is 19.0 Å². The van der Waals surface area contributed by atoms with E-state index in [-0.39, 0.29) is 5.91 Å². The van der Waals surface area contributed by atoms with E-state index >= 15 is 0 Å². The van der Waals surface area contributed by atoms with Crippen LogP contribution in [0.5, 0.6) is 17.2 Å². The molecule has 0 radical (unpaired) electrons. The molecule has 0 aliphatic rings. The molecule has 0 saturated carbocycles. The maximum atomic E-state index is 12.4. The summed E-state index contributed by atoms with van der Waals surface area (Å²) >= 11 is 12.1. The maximum Gasteiger partial charge on any atom is 0.265 e. The van der Waals surface area contributed by atoms with Crippen LogP contribution in [0.3, 0.4) is 0 Å². The number of anilines is 1. The van der Waals surface area contributed by atoms with Crippen LogP contribution in [-0.4, -0.2) is 26.2 Å². The Morgan fingerprint density at radius 3 is 2.29 bits per heavy atom. The van der Waals surface area contributed by atoms with E-state index in [9.17, 15) is 4.79 Å². The lowest BCUT2D eigenvalue weighted by molar-refractivity contribution is -0.122. The van der Waals surface area contributed by atoms with Crippen LogP contribution >= 0.6 is 23.2 Å². The van der Waals surface area contributed by atoms with Gasteiger partial charge in [-0.15, -0.1) is 0 Å². The summed E-state index contributed by atoms with van der Waals surface area (Å²) in [5.41, 5.74) is 0.429. The Bertz CT molecular complexity index is 737. The first-order valence-corrected chi connectivity index (χ1v) is 7.85. The van der Waals surface area contributed by atoms with E-state index < -0.39 is 6.10 Å². The molecule has 0 aliphatic carbocycles. The Hall–Kier alpha value is -2.11. The summed E-state index contributed by atoms with van der Waals surface area (Å²) in [6.45, 7) is 1.62. The Balaban J connectivity index is 2.15. The Morgan fingerprint density at radius 1 is 1.00 bits per heavy atom. The molecule has 24 heavy (non-hydrogen) atoms. The largest absolute Gasteiger partial charge is 0.495 e. The molecule has 0 bridgehead atoms. The molecule has 2 aromatic carbocycles. The van der Waals surface area contributed by atoms with Crippen molar-refractivity contribution in [2.75, 3.05) is 19.5 Å². The minimum absolute atomic E-state index is 0.363. The lowest BCUT2D eigenvalue weighted by Gasteiger charge is -2.17. The van der Waals surface area contributed by atoms with E-state index in [1.54, 1.807) is 43.3 Å². The van der Waals surface area contributed by atoms with Gasteiger partial charge in [0.15, 0.2) is 6.10 Å². The van der Waals surface area contributed by atoms with E-state index in [2.05, 4.69) is 5.32 Å². The van der Waals surface area contributed by atoms with Crippen molar-refractivity contribution in [1.82, 2.24) is 0 Å². The zero-order valence-electron chi connectivity index (χ0n) is 13.4. The van der Waals surface area contributed by atoms with Crippen molar-refractivity contribution in [2.45, 2.75) is 13.0 Å². The van der Waals surface area contributed by atoms with Crippen LogP contribution in [0.1, 0.15) is 6.92 Å². The predicted octanol–water partition coefficient (Wildman–Crippen LogP) is 4.42. The number of halogens is 2. The van der Waals surface area contributed by atoms with Crippen LogP contribution in [0.15, 0.2) is 36.4 Å². The fourth-order valence-corrected chi connectivity index (χ4v) is 2.39. The van der Waals surface area contributed by atoms with Gasteiger partial charge in [-0.1, -0.05) is 35.3 Å². The molecular weight excluding hydrogens is 353 g/mol. The molecule has 2 aromatic rings. The quantitative estimate of drug-likeness (QED) is 0.818. The maximum absolute atomic E-state index is 12.4. The van der Waals surface area contributed by atoms with Gasteiger partial charge in [-0.05, 0) is 19.1 Å². The molecule has 0 heterocycles. The second-order valence-corrected chi connectivity index (χ2v) is 5.68. The molecule has 0 aliphatic heterocycles. The van der Waals surface area contributed by atoms with Crippen molar-refractivity contribution in [3.8, 4) is 17.2 Å². The molecule has 1 unspecified atom stereocenters. The fourth-order valence-electron chi connectivity index (χ4n) is 1.98. The summed E-state index contributed by atoms with van der Waals surface area (Å²) in [6.07, 6.45) is -0.767. The van der Waals surface area contributed by atoms with Crippen LogP contribution in [-0.2, 0) is 4.79 Å². The van der Waals surface area contributed by atoms with Gasteiger partial charge >= 0.3 is 0 Å². The molecule has 0 aromatic heterocycles. The number of rotatable bonds is 6. The highest BCUT2D eigenvalue weighted by atomic mass is 35.5. The Morgan fingerprint density at radius 2 is 1.67 bits per heavy atom. The van der Waals surface area contributed by atoms with Crippen molar-refractivity contribution >= 4 is 34.8 Å². The predicted molar refractivity (Wildman–Crippen MR) is 94.7 cm³/mol. The van der Waals surface area contributed by atoms with Gasteiger partial charge in [0.25, 0.3) is 5.91 Å². The number of para-hydroxylation sites is 1. The van der Waals surface area contributed by atoms with Gasteiger partial charge in [0.05, 0.1) is 30.0 Å². The van der Waals surface area contributed by atoms with Gasteiger partial charge in [-0.25, -0.2) is 0 Å². The van der Waals surface area contributed by atoms with Crippen molar-refractivity contribution in [3.63, 3.8) is 0 Å². The molecular formula is C17H17Cl2NO4. The monoisotopic (exact) mass is 369 g/mol. The molecule has 128 valence electrons. The number of carbonyl (C=O) groups is 1. The number of benzene rings is 2. The first kappa shape index (κ1) is 18.2. The average molecular weight is 370 g/mol. The van der Waals surface area contributed by atoms with Crippen LogP contribution in [0.25, 0.3) is 0 Å². The van der Waals surface area contributed by atoms with Gasteiger partial charge in [-0.2, -0.15) is 0 Å². The van der Waals surface area contributed by atoms with Gasteiger partial charge in [0.2, 0.25) is 0 Å². The number of hydrogen-bond acceptors (Lipinski definition) is 4. The lowest BCUT2D eigenvalue weighted by atomic mass is 10.2. The van der Waals surface area contributed by atoms with Crippen LogP contribution in [0.2, 0.25) is 10.0 Å². The second-order valence-electron chi connectivity index (χ2n) is 4.87. The molecule has 1 amide bonds. The van der Waals surface area contributed by atoms with Crippen molar-refractivity contribution in [2.24, 2.45) is 0 Å². The summed E-state index contributed by atoms with van der Waals surface area (Å²) in [6, 6.07) is 10.1. The number of nitrogens with one attached hydrogen (secondary N) is 1. The summed E-state index contributed by atoms with van der Waals surface area (Å²) in [5, 5.41) is 3.55. The molecule has 1 N–H and O–H groups in total. The average Bonchev–Trinajstić information content (AvgIpc) is 2.57. The number of amides is 1. The Labute approximate surface area is 150 Å².